The summed E-state index contributed by atoms with van der Waals surface area (Å²) in [6.45, 7) is 0. The van der Waals surface area contributed by atoms with Gasteiger partial charge in [0.25, 0.3) is 0 Å². The highest BCUT2D eigenvalue weighted by Gasteiger charge is 2.06. The Morgan fingerprint density at radius 3 is 2.67 bits per heavy atom. The van der Waals surface area contributed by atoms with Crippen LogP contribution < -0.4 is 5.73 Å². The maximum Gasteiger partial charge on any atom is 0.248 e. The zero-order valence-electron chi connectivity index (χ0n) is 9.63. The van der Waals surface area contributed by atoms with Gasteiger partial charge in [0.1, 0.15) is 11.3 Å². The van der Waals surface area contributed by atoms with Gasteiger partial charge >= 0.3 is 0 Å². The molecule has 92 valence electrons. The van der Waals surface area contributed by atoms with Crippen molar-refractivity contribution in [1.29, 1.82) is 0 Å². The Bertz CT molecular complexity index is 561. The fourth-order valence-electron chi connectivity index (χ4n) is 1.54. The molecule has 2 N–H and O–H groups in total. The molecule has 0 saturated heterocycles. The SMILES string of the molecule is NC(=O)c1ccc(-c2nc(CCC=O)cs2)cc1. The molecule has 0 fully saturated rings. The molecule has 0 aliphatic carbocycles. The second-order valence-corrected chi connectivity index (χ2v) is 4.65. The van der Waals surface area contributed by atoms with Gasteiger partial charge in [-0.05, 0) is 18.6 Å². The van der Waals surface area contributed by atoms with E-state index in [-0.39, 0.29) is 0 Å². The Morgan fingerprint density at radius 1 is 1.33 bits per heavy atom. The van der Waals surface area contributed by atoms with E-state index in [1.165, 1.54) is 11.3 Å². The Balaban J connectivity index is 2.18. The number of aryl methyl sites for hydroxylation is 1. The van der Waals surface area contributed by atoms with Gasteiger partial charge in [-0.25, -0.2) is 4.98 Å². The van der Waals surface area contributed by atoms with Crippen molar-refractivity contribution >= 4 is 23.5 Å². The predicted molar refractivity (Wildman–Crippen MR) is 70.5 cm³/mol. The van der Waals surface area contributed by atoms with Crippen LogP contribution in [0.5, 0.6) is 0 Å². The first kappa shape index (κ1) is 12.4. The van der Waals surface area contributed by atoms with Gasteiger partial charge in [-0.15, -0.1) is 11.3 Å². The predicted octanol–water partition coefficient (Wildman–Crippen LogP) is 2.04. The molecule has 0 spiro atoms. The van der Waals surface area contributed by atoms with E-state index in [0.717, 1.165) is 22.6 Å². The summed E-state index contributed by atoms with van der Waals surface area (Å²) < 4.78 is 0. The summed E-state index contributed by atoms with van der Waals surface area (Å²) in [6.07, 6.45) is 2.05. The summed E-state index contributed by atoms with van der Waals surface area (Å²) in [5.41, 5.74) is 7.52. The van der Waals surface area contributed by atoms with Crippen LogP contribution in [0, 0.1) is 0 Å². The summed E-state index contributed by atoms with van der Waals surface area (Å²) in [6, 6.07) is 7.01. The number of carbonyl (C=O) groups excluding carboxylic acids is 2. The van der Waals surface area contributed by atoms with Crippen molar-refractivity contribution in [2.24, 2.45) is 5.73 Å². The van der Waals surface area contributed by atoms with E-state index in [9.17, 15) is 9.59 Å². The number of aromatic nitrogens is 1. The molecular weight excluding hydrogens is 248 g/mol. The summed E-state index contributed by atoms with van der Waals surface area (Å²) in [5.74, 6) is -0.438. The third-order valence-electron chi connectivity index (χ3n) is 2.49. The monoisotopic (exact) mass is 260 g/mol. The van der Waals surface area contributed by atoms with E-state index in [1.807, 2.05) is 17.5 Å². The minimum absolute atomic E-state index is 0.438. The van der Waals surface area contributed by atoms with Crippen molar-refractivity contribution < 1.29 is 9.59 Å². The van der Waals surface area contributed by atoms with E-state index in [1.54, 1.807) is 12.1 Å². The first-order chi connectivity index (χ1) is 8.70. The van der Waals surface area contributed by atoms with Gasteiger partial charge in [-0.3, -0.25) is 4.79 Å². The molecule has 0 atom stereocenters. The molecule has 5 heteroatoms. The molecule has 1 aromatic carbocycles. The molecule has 0 aliphatic rings. The Kier molecular flexibility index (Phi) is 3.84. The number of amides is 1. The Hall–Kier alpha value is -2.01. The topological polar surface area (TPSA) is 73.1 Å². The summed E-state index contributed by atoms with van der Waals surface area (Å²) in [4.78, 5) is 25.7. The lowest BCUT2D eigenvalue weighted by Gasteiger charge is -1.98. The fourth-order valence-corrected chi connectivity index (χ4v) is 2.40. The van der Waals surface area contributed by atoms with E-state index in [0.29, 0.717) is 18.4 Å². The average Bonchev–Trinajstić information content (AvgIpc) is 2.85. The van der Waals surface area contributed by atoms with Crippen LogP contribution in [0.2, 0.25) is 0 Å². The Morgan fingerprint density at radius 2 is 2.06 bits per heavy atom. The number of carbonyl (C=O) groups is 2. The number of rotatable bonds is 5. The molecular formula is C13H12N2O2S. The van der Waals surface area contributed by atoms with Gasteiger partial charge in [-0.1, -0.05) is 12.1 Å². The minimum atomic E-state index is -0.438. The van der Waals surface area contributed by atoms with Crippen molar-refractivity contribution in [3.63, 3.8) is 0 Å². The molecule has 18 heavy (non-hydrogen) atoms. The second-order valence-electron chi connectivity index (χ2n) is 3.79. The van der Waals surface area contributed by atoms with Crippen molar-refractivity contribution in [2.75, 3.05) is 0 Å². The van der Waals surface area contributed by atoms with Crippen LogP contribution in [-0.2, 0) is 11.2 Å². The van der Waals surface area contributed by atoms with Gasteiger partial charge in [0.15, 0.2) is 0 Å². The number of primary amides is 1. The highest BCUT2D eigenvalue weighted by atomic mass is 32.1. The van der Waals surface area contributed by atoms with Crippen LogP contribution >= 0.6 is 11.3 Å². The average molecular weight is 260 g/mol. The second kappa shape index (κ2) is 5.55. The van der Waals surface area contributed by atoms with Gasteiger partial charge in [-0.2, -0.15) is 0 Å². The number of aldehydes is 1. The number of hydrogen-bond acceptors (Lipinski definition) is 4. The van der Waals surface area contributed by atoms with Crippen molar-refractivity contribution in [2.45, 2.75) is 12.8 Å². The molecule has 2 rings (SSSR count). The fraction of sp³-hybridized carbons (Fsp3) is 0.154. The Labute approximate surface area is 108 Å². The first-order valence-corrected chi connectivity index (χ1v) is 6.37. The zero-order chi connectivity index (χ0) is 13.0. The normalized spacial score (nSPS) is 10.2. The maximum absolute atomic E-state index is 10.9. The van der Waals surface area contributed by atoms with Crippen molar-refractivity contribution in [3.8, 4) is 10.6 Å². The number of nitrogens with zero attached hydrogens (tertiary/aromatic N) is 1. The lowest BCUT2D eigenvalue weighted by atomic mass is 10.1. The molecule has 0 unspecified atom stereocenters. The molecule has 1 amide bonds. The maximum atomic E-state index is 10.9. The summed E-state index contributed by atoms with van der Waals surface area (Å²) in [5, 5.41) is 2.83. The molecule has 0 saturated carbocycles. The summed E-state index contributed by atoms with van der Waals surface area (Å²) >= 11 is 1.52. The zero-order valence-corrected chi connectivity index (χ0v) is 10.4. The molecule has 2 aromatic rings. The molecule has 0 bridgehead atoms. The van der Waals surface area contributed by atoms with E-state index in [4.69, 9.17) is 5.73 Å². The standard InChI is InChI=1S/C13H12N2O2S/c14-12(17)9-3-5-10(6-4-9)13-15-11(8-18-13)2-1-7-16/h3-8H,1-2H2,(H2,14,17). The number of thiazole rings is 1. The van der Waals surface area contributed by atoms with Gasteiger partial charge in [0.05, 0.1) is 5.69 Å². The summed E-state index contributed by atoms with van der Waals surface area (Å²) in [7, 11) is 0. The molecule has 1 heterocycles. The van der Waals surface area contributed by atoms with Gasteiger partial charge in [0.2, 0.25) is 5.91 Å². The van der Waals surface area contributed by atoms with Crippen molar-refractivity contribution in [3.05, 3.63) is 40.9 Å². The van der Waals surface area contributed by atoms with Crippen LogP contribution in [-0.4, -0.2) is 17.2 Å². The van der Waals surface area contributed by atoms with Crippen LogP contribution in [0.4, 0.5) is 0 Å². The van der Waals surface area contributed by atoms with Crippen LogP contribution in [0.3, 0.4) is 0 Å². The molecule has 0 radical (unpaired) electrons. The van der Waals surface area contributed by atoms with Crippen LogP contribution in [0.15, 0.2) is 29.6 Å². The molecule has 1 aromatic heterocycles. The lowest BCUT2D eigenvalue weighted by Crippen LogP contribution is -2.10. The highest BCUT2D eigenvalue weighted by Crippen LogP contribution is 2.24. The van der Waals surface area contributed by atoms with Crippen molar-refractivity contribution in [1.82, 2.24) is 4.98 Å². The lowest BCUT2D eigenvalue weighted by molar-refractivity contribution is -0.107. The number of nitrogens with two attached hydrogens (primary N) is 1. The minimum Gasteiger partial charge on any atom is -0.366 e. The van der Waals surface area contributed by atoms with Crippen LogP contribution in [0.25, 0.3) is 10.6 Å². The molecule has 0 aliphatic heterocycles. The van der Waals surface area contributed by atoms with Crippen LogP contribution in [0.1, 0.15) is 22.5 Å². The van der Waals surface area contributed by atoms with Gasteiger partial charge < -0.3 is 10.5 Å². The number of hydrogen-bond donors (Lipinski definition) is 1. The smallest absolute Gasteiger partial charge is 0.248 e. The third-order valence-corrected chi connectivity index (χ3v) is 3.43. The van der Waals surface area contributed by atoms with Gasteiger partial charge in [0, 0.05) is 22.9 Å². The quantitative estimate of drug-likeness (QED) is 0.836. The van der Waals surface area contributed by atoms with E-state index < -0.39 is 5.91 Å². The molecule has 4 nitrogen and oxygen atoms in total. The third kappa shape index (κ3) is 2.81. The highest BCUT2D eigenvalue weighted by molar-refractivity contribution is 7.13. The van der Waals surface area contributed by atoms with E-state index in [2.05, 4.69) is 4.98 Å². The first-order valence-electron chi connectivity index (χ1n) is 5.49. The largest absolute Gasteiger partial charge is 0.366 e. The van der Waals surface area contributed by atoms with E-state index >= 15 is 0 Å². The number of benzene rings is 1.